The summed E-state index contributed by atoms with van der Waals surface area (Å²) in [6.45, 7) is 1.35. The fourth-order valence-electron chi connectivity index (χ4n) is 1.51. The largest absolute Gasteiger partial charge is 0.474 e. The molecule has 0 radical (unpaired) electrons. The van der Waals surface area contributed by atoms with Gasteiger partial charge in [0, 0.05) is 6.61 Å². The highest BCUT2D eigenvalue weighted by Gasteiger charge is 2.14. The first-order valence-electron chi connectivity index (χ1n) is 5.06. The molecule has 4 nitrogen and oxygen atoms in total. The molecule has 1 aliphatic rings. The van der Waals surface area contributed by atoms with Crippen LogP contribution in [0.25, 0.3) is 0 Å². The zero-order valence-corrected chi connectivity index (χ0v) is 9.11. The summed E-state index contributed by atoms with van der Waals surface area (Å²) in [5, 5.41) is 0.345. The molecule has 1 fully saturated rings. The van der Waals surface area contributed by atoms with Gasteiger partial charge in [0.05, 0.1) is 18.5 Å². The summed E-state index contributed by atoms with van der Waals surface area (Å²) in [5.74, 6) is 0.455. The minimum absolute atomic E-state index is 0.180. The number of hydrogen-bond donors (Lipinski definition) is 0. The number of aromatic nitrogens is 2. The minimum Gasteiger partial charge on any atom is -0.474 e. The smallest absolute Gasteiger partial charge is 0.233 e. The van der Waals surface area contributed by atoms with E-state index in [0.29, 0.717) is 17.6 Å². The summed E-state index contributed by atoms with van der Waals surface area (Å²) in [6.07, 6.45) is 6.61. The molecule has 15 heavy (non-hydrogen) atoms. The van der Waals surface area contributed by atoms with E-state index in [4.69, 9.17) is 21.1 Å². The Kier molecular flexibility index (Phi) is 3.75. The maximum absolute atomic E-state index is 5.68. The molecule has 0 amide bonds. The highest BCUT2D eigenvalue weighted by molar-refractivity contribution is 6.29. The Morgan fingerprint density at radius 2 is 2.40 bits per heavy atom. The van der Waals surface area contributed by atoms with Crippen LogP contribution in [0, 0.1) is 0 Å². The van der Waals surface area contributed by atoms with Crippen LogP contribution in [-0.4, -0.2) is 29.3 Å². The Labute approximate surface area is 93.6 Å². The van der Waals surface area contributed by atoms with Crippen LogP contribution < -0.4 is 4.74 Å². The SMILES string of the molecule is Clc1cncc(OCC2CCCCO2)n1. The van der Waals surface area contributed by atoms with Crippen LogP contribution >= 0.6 is 11.6 Å². The quantitative estimate of drug-likeness (QED) is 0.795. The van der Waals surface area contributed by atoms with Gasteiger partial charge in [-0.25, -0.2) is 0 Å². The van der Waals surface area contributed by atoms with E-state index < -0.39 is 0 Å². The van der Waals surface area contributed by atoms with Gasteiger partial charge in [0.25, 0.3) is 0 Å². The lowest BCUT2D eigenvalue weighted by Gasteiger charge is -2.22. The zero-order chi connectivity index (χ0) is 10.5. The lowest BCUT2D eigenvalue weighted by Crippen LogP contribution is -2.26. The predicted molar refractivity (Wildman–Crippen MR) is 56.1 cm³/mol. The number of rotatable bonds is 3. The molecule has 2 heterocycles. The lowest BCUT2D eigenvalue weighted by molar-refractivity contribution is -0.0120. The van der Waals surface area contributed by atoms with E-state index in [9.17, 15) is 0 Å². The van der Waals surface area contributed by atoms with E-state index in [1.807, 2.05) is 0 Å². The van der Waals surface area contributed by atoms with E-state index in [0.717, 1.165) is 19.4 Å². The second-order valence-corrected chi connectivity index (χ2v) is 3.87. The highest BCUT2D eigenvalue weighted by Crippen LogP contribution is 2.15. The van der Waals surface area contributed by atoms with Gasteiger partial charge in [0.2, 0.25) is 5.88 Å². The third kappa shape index (κ3) is 3.32. The van der Waals surface area contributed by atoms with Crippen molar-refractivity contribution in [2.24, 2.45) is 0 Å². The number of ether oxygens (including phenoxy) is 2. The van der Waals surface area contributed by atoms with Crippen molar-refractivity contribution < 1.29 is 9.47 Å². The van der Waals surface area contributed by atoms with Crippen molar-refractivity contribution in [1.29, 1.82) is 0 Å². The van der Waals surface area contributed by atoms with E-state index in [-0.39, 0.29) is 6.10 Å². The third-order valence-corrected chi connectivity index (χ3v) is 2.46. The predicted octanol–water partition coefficient (Wildman–Crippen LogP) is 2.08. The fraction of sp³-hybridized carbons (Fsp3) is 0.600. The van der Waals surface area contributed by atoms with Gasteiger partial charge in [-0.05, 0) is 19.3 Å². The molecule has 0 bridgehead atoms. The molecule has 1 aromatic heterocycles. The minimum atomic E-state index is 0.180. The molecular weight excluding hydrogens is 216 g/mol. The van der Waals surface area contributed by atoms with Crippen molar-refractivity contribution in [3.8, 4) is 5.88 Å². The first-order chi connectivity index (χ1) is 7.34. The molecule has 1 atom stereocenters. The molecule has 1 unspecified atom stereocenters. The lowest BCUT2D eigenvalue weighted by atomic mass is 10.1. The van der Waals surface area contributed by atoms with Crippen LogP contribution in [0.1, 0.15) is 19.3 Å². The maximum Gasteiger partial charge on any atom is 0.233 e. The fourth-order valence-corrected chi connectivity index (χ4v) is 1.65. The molecule has 5 heteroatoms. The summed E-state index contributed by atoms with van der Waals surface area (Å²) >= 11 is 5.68. The molecule has 1 saturated heterocycles. The standard InChI is InChI=1S/C10H13ClN2O2/c11-9-5-12-6-10(13-9)15-7-8-3-1-2-4-14-8/h5-6,8H,1-4,7H2. The van der Waals surface area contributed by atoms with Crippen LogP contribution in [0.4, 0.5) is 0 Å². The van der Waals surface area contributed by atoms with Gasteiger partial charge in [-0.15, -0.1) is 0 Å². The van der Waals surface area contributed by atoms with E-state index in [1.54, 1.807) is 6.20 Å². The average Bonchev–Trinajstić information content (AvgIpc) is 2.28. The van der Waals surface area contributed by atoms with E-state index in [2.05, 4.69) is 9.97 Å². The van der Waals surface area contributed by atoms with Crippen molar-refractivity contribution in [2.75, 3.05) is 13.2 Å². The summed E-state index contributed by atoms with van der Waals surface area (Å²) in [4.78, 5) is 7.87. The second-order valence-electron chi connectivity index (χ2n) is 3.48. The normalized spacial score (nSPS) is 21.3. The van der Waals surface area contributed by atoms with Gasteiger partial charge >= 0.3 is 0 Å². The molecule has 1 aromatic rings. The molecule has 0 N–H and O–H groups in total. The van der Waals surface area contributed by atoms with Crippen LogP contribution in [0.15, 0.2) is 12.4 Å². The highest BCUT2D eigenvalue weighted by atomic mass is 35.5. The molecular formula is C10H13ClN2O2. The van der Waals surface area contributed by atoms with Crippen molar-refractivity contribution in [1.82, 2.24) is 9.97 Å². The third-order valence-electron chi connectivity index (χ3n) is 2.27. The Balaban J connectivity index is 1.81. The van der Waals surface area contributed by atoms with Crippen molar-refractivity contribution >= 4 is 11.6 Å². The summed E-state index contributed by atoms with van der Waals surface area (Å²) < 4.78 is 11.0. The number of hydrogen-bond acceptors (Lipinski definition) is 4. The van der Waals surface area contributed by atoms with Crippen LogP contribution in [0.3, 0.4) is 0 Å². The Morgan fingerprint density at radius 1 is 1.47 bits per heavy atom. The van der Waals surface area contributed by atoms with Gasteiger partial charge in [0.1, 0.15) is 6.61 Å². The Bertz CT molecular complexity index is 316. The van der Waals surface area contributed by atoms with Gasteiger partial charge in [0.15, 0.2) is 5.15 Å². The van der Waals surface area contributed by atoms with Crippen molar-refractivity contribution in [3.63, 3.8) is 0 Å². The monoisotopic (exact) mass is 228 g/mol. The Morgan fingerprint density at radius 3 is 3.13 bits per heavy atom. The van der Waals surface area contributed by atoms with Crippen LogP contribution in [0.2, 0.25) is 5.15 Å². The molecule has 0 saturated carbocycles. The van der Waals surface area contributed by atoms with Gasteiger partial charge in [-0.1, -0.05) is 11.6 Å². The molecule has 0 aromatic carbocycles. The maximum atomic E-state index is 5.68. The summed E-state index contributed by atoms with van der Waals surface area (Å²) in [7, 11) is 0. The molecule has 82 valence electrons. The molecule has 2 rings (SSSR count). The van der Waals surface area contributed by atoms with E-state index in [1.165, 1.54) is 12.6 Å². The average molecular weight is 229 g/mol. The van der Waals surface area contributed by atoms with E-state index >= 15 is 0 Å². The van der Waals surface area contributed by atoms with Crippen molar-refractivity contribution in [2.45, 2.75) is 25.4 Å². The molecule has 1 aliphatic heterocycles. The first-order valence-corrected chi connectivity index (χ1v) is 5.44. The second kappa shape index (κ2) is 5.28. The van der Waals surface area contributed by atoms with Gasteiger partial charge in [-0.2, -0.15) is 4.98 Å². The summed E-state index contributed by atoms with van der Waals surface area (Å²) in [6, 6.07) is 0. The number of nitrogens with zero attached hydrogens (tertiary/aromatic N) is 2. The zero-order valence-electron chi connectivity index (χ0n) is 8.36. The van der Waals surface area contributed by atoms with Crippen LogP contribution in [-0.2, 0) is 4.74 Å². The number of halogens is 1. The first kappa shape index (κ1) is 10.6. The van der Waals surface area contributed by atoms with Gasteiger partial charge < -0.3 is 9.47 Å². The topological polar surface area (TPSA) is 44.2 Å². The van der Waals surface area contributed by atoms with Crippen LogP contribution in [0.5, 0.6) is 5.88 Å². The van der Waals surface area contributed by atoms with Crippen molar-refractivity contribution in [3.05, 3.63) is 17.5 Å². The van der Waals surface area contributed by atoms with Gasteiger partial charge in [-0.3, -0.25) is 4.98 Å². The Hall–Kier alpha value is -0.870. The summed E-state index contributed by atoms with van der Waals surface area (Å²) in [5.41, 5.74) is 0. The molecule has 0 spiro atoms. The molecule has 0 aliphatic carbocycles.